The molecule has 1 N–H and O–H groups in total. The molecule has 3 heteroatoms. The number of nitrogens with zero attached hydrogens (tertiary/aromatic N) is 1. The summed E-state index contributed by atoms with van der Waals surface area (Å²) in [6.45, 7) is 5.92. The third-order valence-electron chi connectivity index (χ3n) is 1.88. The van der Waals surface area contributed by atoms with Crippen molar-refractivity contribution < 1.29 is 0 Å². The molecule has 1 aromatic rings. The van der Waals surface area contributed by atoms with Crippen LogP contribution in [0.1, 0.15) is 31.9 Å². The molecule has 0 saturated carbocycles. The largest absolute Gasteiger partial charge is 0.328 e. The van der Waals surface area contributed by atoms with Crippen molar-refractivity contribution in [2.24, 2.45) is 0 Å². The molecule has 0 bridgehead atoms. The van der Waals surface area contributed by atoms with Gasteiger partial charge in [-0.15, -0.1) is 0 Å². The Balaban J connectivity index is 3.49. The molecule has 0 aliphatic carbocycles. The Morgan fingerprint density at radius 3 is 2.46 bits per heavy atom. The number of aromatic nitrogens is 1. The van der Waals surface area contributed by atoms with Crippen LogP contribution in [-0.4, -0.2) is 4.98 Å². The summed E-state index contributed by atoms with van der Waals surface area (Å²) in [6, 6.07) is 3.70. The highest BCUT2D eigenvalue weighted by atomic mass is 16.1. The van der Waals surface area contributed by atoms with Gasteiger partial charge >= 0.3 is 0 Å². The van der Waals surface area contributed by atoms with Crippen LogP contribution in [0.5, 0.6) is 0 Å². The first-order valence-electron chi connectivity index (χ1n) is 4.09. The lowest BCUT2D eigenvalue weighted by Gasteiger charge is -2.19. The zero-order valence-corrected chi connectivity index (χ0v) is 8.01. The van der Waals surface area contributed by atoms with Crippen molar-refractivity contribution in [3.05, 3.63) is 33.7 Å². The van der Waals surface area contributed by atoms with E-state index in [1.54, 1.807) is 12.3 Å². The minimum atomic E-state index is -0.310. The van der Waals surface area contributed by atoms with E-state index in [-0.39, 0.29) is 16.5 Å². The summed E-state index contributed by atoms with van der Waals surface area (Å²) >= 11 is 0. The van der Waals surface area contributed by atoms with Gasteiger partial charge in [0.05, 0.1) is 0 Å². The van der Waals surface area contributed by atoms with Gasteiger partial charge in [0.15, 0.2) is 0 Å². The Hall–Kier alpha value is -1.56. The smallest absolute Gasteiger partial charge is 0.266 e. The average molecular weight is 176 g/mol. The fraction of sp³-hybridized carbons (Fsp3) is 0.400. The summed E-state index contributed by atoms with van der Waals surface area (Å²) in [7, 11) is 0. The highest BCUT2D eigenvalue weighted by Crippen LogP contribution is 2.22. The molecule has 0 fully saturated rings. The lowest BCUT2D eigenvalue weighted by Crippen LogP contribution is -2.20. The molecule has 0 radical (unpaired) electrons. The van der Waals surface area contributed by atoms with E-state index in [0.717, 1.165) is 5.56 Å². The molecule has 0 amide bonds. The molecular weight excluding hydrogens is 164 g/mol. The van der Waals surface area contributed by atoms with Crippen LogP contribution in [0.25, 0.3) is 0 Å². The van der Waals surface area contributed by atoms with E-state index in [1.807, 2.05) is 26.8 Å². The molecule has 13 heavy (non-hydrogen) atoms. The fourth-order valence-electron chi connectivity index (χ4n) is 1.21. The first-order valence-corrected chi connectivity index (χ1v) is 4.09. The number of hydrogen-bond donors (Lipinski definition) is 1. The molecule has 0 aliphatic heterocycles. The van der Waals surface area contributed by atoms with Crippen molar-refractivity contribution in [1.82, 2.24) is 4.98 Å². The minimum absolute atomic E-state index is 0.167. The average Bonchev–Trinajstić information content (AvgIpc) is 2.02. The van der Waals surface area contributed by atoms with Crippen molar-refractivity contribution >= 4 is 0 Å². The molecule has 0 atom stereocenters. The quantitative estimate of drug-likeness (QED) is 0.652. The summed E-state index contributed by atoms with van der Waals surface area (Å²) in [5, 5.41) is 8.79. The monoisotopic (exact) mass is 176 g/mol. The number of aromatic amines is 1. The lowest BCUT2D eigenvalue weighted by molar-refractivity contribution is 0.586. The SMILES string of the molecule is CC(C)(C)c1cc[nH]c(=O)c1C#N. The standard InChI is InChI=1S/C10H12N2O/c1-10(2,3)8-4-5-12-9(13)7(8)6-11/h4-5H,1-3H3,(H,12,13). The van der Waals surface area contributed by atoms with Crippen LogP contribution >= 0.6 is 0 Å². The summed E-state index contributed by atoms with van der Waals surface area (Å²) < 4.78 is 0. The number of rotatable bonds is 0. The molecule has 1 aromatic heterocycles. The Morgan fingerprint density at radius 2 is 2.08 bits per heavy atom. The molecule has 68 valence electrons. The van der Waals surface area contributed by atoms with Crippen LogP contribution in [0.4, 0.5) is 0 Å². The van der Waals surface area contributed by atoms with E-state index >= 15 is 0 Å². The Bertz CT molecular complexity index is 404. The maximum absolute atomic E-state index is 11.2. The van der Waals surface area contributed by atoms with E-state index in [4.69, 9.17) is 5.26 Å². The first-order chi connectivity index (χ1) is 5.96. The third-order valence-corrected chi connectivity index (χ3v) is 1.88. The molecule has 1 heterocycles. The van der Waals surface area contributed by atoms with Gasteiger partial charge in [0.2, 0.25) is 0 Å². The van der Waals surface area contributed by atoms with Gasteiger partial charge in [0, 0.05) is 6.20 Å². The summed E-state index contributed by atoms with van der Waals surface area (Å²) in [4.78, 5) is 13.7. The molecular formula is C10H12N2O. The van der Waals surface area contributed by atoms with Crippen LogP contribution in [0.15, 0.2) is 17.1 Å². The van der Waals surface area contributed by atoms with Crippen LogP contribution < -0.4 is 5.56 Å². The highest BCUT2D eigenvalue weighted by Gasteiger charge is 2.19. The molecule has 0 unspecified atom stereocenters. The predicted octanol–water partition coefficient (Wildman–Crippen LogP) is 1.54. The zero-order chi connectivity index (χ0) is 10.1. The number of H-pyrrole nitrogens is 1. The van der Waals surface area contributed by atoms with Crippen LogP contribution in [0, 0.1) is 11.3 Å². The lowest BCUT2D eigenvalue weighted by atomic mass is 9.85. The van der Waals surface area contributed by atoms with Crippen molar-refractivity contribution in [3.63, 3.8) is 0 Å². The Morgan fingerprint density at radius 1 is 1.46 bits per heavy atom. The van der Waals surface area contributed by atoms with Crippen molar-refractivity contribution in [1.29, 1.82) is 5.26 Å². The van der Waals surface area contributed by atoms with E-state index in [1.165, 1.54) is 0 Å². The molecule has 0 aliphatic rings. The number of nitriles is 1. The number of nitrogens with one attached hydrogen (secondary N) is 1. The molecule has 0 spiro atoms. The van der Waals surface area contributed by atoms with Crippen molar-refractivity contribution in [2.45, 2.75) is 26.2 Å². The van der Waals surface area contributed by atoms with E-state index < -0.39 is 0 Å². The van der Waals surface area contributed by atoms with Gasteiger partial charge in [0.25, 0.3) is 5.56 Å². The van der Waals surface area contributed by atoms with E-state index in [9.17, 15) is 4.79 Å². The van der Waals surface area contributed by atoms with E-state index in [2.05, 4.69) is 4.98 Å². The minimum Gasteiger partial charge on any atom is -0.328 e. The van der Waals surface area contributed by atoms with Gasteiger partial charge in [-0.05, 0) is 17.0 Å². The van der Waals surface area contributed by atoms with Gasteiger partial charge in [-0.3, -0.25) is 4.79 Å². The van der Waals surface area contributed by atoms with Gasteiger partial charge in [-0.2, -0.15) is 5.26 Å². The fourth-order valence-corrected chi connectivity index (χ4v) is 1.21. The van der Waals surface area contributed by atoms with Crippen LogP contribution in [0.3, 0.4) is 0 Å². The Kier molecular flexibility index (Phi) is 2.24. The van der Waals surface area contributed by atoms with Gasteiger partial charge in [-0.25, -0.2) is 0 Å². The molecule has 0 aromatic carbocycles. The third kappa shape index (κ3) is 1.78. The molecule has 1 rings (SSSR count). The van der Waals surface area contributed by atoms with Crippen LogP contribution in [0.2, 0.25) is 0 Å². The highest BCUT2D eigenvalue weighted by molar-refractivity contribution is 5.38. The maximum atomic E-state index is 11.2. The van der Waals surface area contributed by atoms with Crippen molar-refractivity contribution in [2.75, 3.05) is 0 Å². The summed E-state index contributed by atoms with van der Waals surface area (Å²) in [6.07, 6.45) is 1.57. The second-order valence-corrected chi connectivity index (χ2v) is 3.96. The zero-order valence-electron chi connectivity index (χ0n) is 8.01. The van der Waals surface area contributed by atoms with Gasteiger partial charge in [0.1, 0.15) is 11.6 Å². The van der Waals surface area contributed by atoms with Gasteiger partial charge in [-0.1, -0.05) is 20.8 Å². The second-order valence-electron chi connectivity index (χ2n) is 3.96. The second kappa shape index (κ2) is 3.06. The molecule has 3 nitrogen and oxygen atoms in total. The Labute approximate surface area is 77.0 Å². The van der Waals surface area contributed by atoms with E-state index in [0.29, 0.717) is 0 Å². The maximum Gasteiger partial charge on any atom is 0.266 e. The summed E-state index contributed by atoms with van der Waals surface area (Å²) in [5.41, 5.74) is 0.531. The topological polar surface area (TPSA) is 56.6 Å². The number of hydrogen-bond acceptors (Lipinski definition) is 2. The summed E-state index contributed by atoms with van der Waals surface area (Å²) in [5.74, 6) is 0. The van der Waals surface area contributed by atoms with Crippen LogP contribution in [-0.2, 0) is 5.41 Å². The van der Waals surface area contributed by atoms with Crippen molar-refractivity contribution in [3.8, 4) is 6.07 Å². The normalized spacial score (nSPS) is 10.9. The molecule has 0 saturated heterocycles. The predicted molar refractivity (Wildman–Crippen MR) is 50.5 cm³/mol. The van der Waals surface area contributed by atoms with Gasteiger partial charge < -0.3 is 4.98 Å². The number of pyridine rings is 1. The first kappa shape index (κ1) is 9.53.